The molecule has 1 atom stereocenters. The number of aromatic amines is 1. The number of hydrogen-bond acceptors (Lipinski definition) is 4. The van der Waals surface area contributed by atoms with Gasteiger partial charge in [-0.3, -0.25) is 4.79 Å². The Morgan fingerprint density at radius 1 is 1.50 bits per heavy atom. The summed E-state index contributed by atoms with van der Waals surface area (Å²) in [6.07, 6.45) is 4.35. The summed E-state index contributed by atoms with van der Waals surface area (Å²) in [7, 11) is 0. The van der Waals surface area contributed by atoms with E-state index in [-0.39, 0.29) is 5.56 Å². The first-order chi connectivity index (χ1) is 9.60. The van der Waals surface area contributed by atoms with E-state index >= 15 is 0 Å². The second kappa shape index (κ2) is 6.88. The van der Waals surface area contributed by atoms with Crippen molar-refractivity contribution in [2.24, 2.45) is 0 Å². The summed E-state index contributed by atoms with van der Waals surface area (Å²) in [4.78, 5) is 21.4. The molecule has 0 bridgehead atoms. The zero-order chi connectivity index (χ0) is 14.5. The van der Waals surface area contributed by atoms with Gasteiger partial charge in [0.2, 0.25) is 0 Å². The summed E-state index contributed by atoms with van der Waals surface area (Å²) in [5.41, 5.74) is -0.0482. The number of hydrogen-bond donors (Lipinski definition) is 2. The highest BCUT2D eigenvalue weighted by atomic mass is 16.1. The normalized spacial score (nSPS) is 19.6. The van der Waals surface area contributed by atoms with Gasteiger partial charge in [0.1, 0.15) is 11.6 Å². The highest BCUT2D eigenvalue weighted by Crippen LogP contribution is 2.22. The molecule has 0 amide bonds. The molecule has 2 heterocycles. The van der Waals surface area contributed by atoms with Crippen LogP contribution in [0.15, 0.2) is 10.9 Å². The highest BCUT2D eigenvalue weighted by Gasteiger charge is 2.24. The molecule has 1 aromatic rings. The monoisotopic (exact) mass is 278 g/mol. The van der Waals surface area contributed by atoms with Crippen molar-refractivity contribution in [2.75, 3.05) is 18.0 Å². The van der Waals surface area contributed by atoms with Gasteiger partial charge in [-0.15, -0.1) is 0 Å². The van der Waals surface area contributed by atoms with Crippen LogP contribution in [0.5, 0.6) is 0 Å². The Morgan fingerprint density at radius 3 is 3.00 bits per heavy atom. The van der Waals surface area contributed by atoms with Gasteiger partial charge in [-0.2, -0.15) is 0 Å². The van der Waals surface area contributed by atoms with Crippen LogP contribution in [0.2, 0.25) is 0 Å². The largest absolute Gasteiger partial charge is 0.352 e. The van der Waals surface area contributed by atoms with E-state index in [2.05, 4.69) is 34.0 Å². The molecule has 0 radical (unpaired) electrons. The van der Waals surface area contributed by atoms with Crippen LogP contribution in [0, 0.1) is 0 Å². The summed E-state index contributed by atoms with van der Waals surface area (Å²) in [6.45, 7) is 8.27. The topological polar surface area (TPSA) is 61.0 Å². The first kappa shape index (κ1) is 15.0. The Bertz CT molecular complexity index is 483. The van der Waals surface area contributed by atoms with Crippen molar-refractivity contribution in [3.8, 4) is 0 Å². The van der Waals surface area contributed by atoms with Gasteiger partial charge >= 0.3 is 0 Å². The zero-order valence-electron chi connectivity index (χ0n) is 12.8. The van der Waals surface area contributed by atoms with Crippen molar-refractivity contribution >= 4 is 5.82 Å². The first-order valence-corrected chi connectivity index (χ1v) is 7.70. The number of H-pyrrole nitrogens is 1. The van der Waals surface area contributed by atoms with Crippen LogP contribution >= 0.6 is 0 Å². The third-order valence-corrected chi connectivity index (χ3v) is 3.80. The molecule has 0 spiro atoms. The number of aryl methyl sites for hydroxylation is 1. The van der Waals surface area contributed by atoms with Gasteiger partial charge in [0, 0.05) is 37.7 Å². The minimum Gasteiger partial charge on any atom is -0.352 e. The van der Waals surface area contributed by atoms with E-state index in [0.29, 0.717) is 12.1 Å². The number of nitrogens with one attached hydrogen (secondary N) is 2. The molecule has 1 fully saturated rings. The number of nitrogens with zero attached hydrogens (tertiary/aromatic N) is 2. The van der Waals surface area contributed by atoms with E-state index in [0.717, 1.165) is 37.6 Å². The molecule has 0 saturated carbocycles. The molecule has 0 aliphatic carbocycles. The lowest BCUT2D eigenvalue weighted by Gasteiger charge is -2.37. The smallest absolute Gasteiger partial charge is 0.252 e. The SMILES string of the molecule is CCc1nc(N2CCCCC2CNC(C)C)cc(=O)[nH]1. The van der Waals surface area contributed by atoms with Crippen LogP contribution in [-0.2, 0) is 6.42 Å². The number of piperidine rings is 1. The van der Waals surface area contributed by atoms with Crippen molar-refractivity contribution in [3.63, 3.8) is 0 Å². The maximum atomic E-state index is 11.7. The molecule has 2 N–H and O–H groups in total. The van der Waals surface area contributed by atoms with E-state index < -0.39 is 0 Å². The molecular weight excluding hydrogens is 252 g/mol. The molecule has 5 nitrogen and oxygen atoms in total. The van der Waals surface area contributed by atoms with Gasteiger partial charge in [0.25, 0.3) is 5.56 Å². The quantitative estimate of drug-likeness (QED) is 0.860. The van der Waals surface area contributed by atoms with Crippen molar-refractivity contribution in [1.29, 1.82) is 0 Å². The molecule has 1 unspecified atom stereocenters. The molecule has 1 aliphatic heterocycles. The van der Waals surface area contributed by atoms with Gasteiger partial charge in [-0.05, 0) is 19.3 Å². The highest BCUT2D eigenvalue weighted by molar-refractivity contribution is 5.39. The Labute approximate surface area is 120 Å². The average Bonchev–Trinajstić information content (AvgIpc) is 2.44. The maximum Gasteiger partial charge on any atom is 0.252 e. The first-order valence-electron chi connectivity index (χ1n) is 7.70. The number of aromatic nitrogens is 2. The van der Waals surface area contributed by atoms with E-state index in [4.69, 9.17) is 0 Å². The van der Waals surface area contributed by atoms with Crippen LogP contribution < -0.4 is 15.8 Å². The fraction of sp³-hybridized carbons (Fsp3) is 0.733. The Morgan fingerprint density at radius 2 is 2.30 bits per heavy atom. The minimum atomic E-state index is -0.0482. The average molecular weight is 278 g/mol. The molecule has 1 aromatic heterocycles. The van der Waals surface area contributed by atoms with Gasteiger partial charge in [0.15, 0.2) is 0 Å². The van der Waals surface area contributed by atoms with Crippen molar-refractivity contribution < 1.29 is 0 Å². The third-order valence-electron chi connectivity index (χ3n) is 3.80. The second-order valence-electron chi connectivity index (χ2n) is 5.81. The lowest BCUT2D eigenvalue weighted by molar-refractivity contribution is 0.418. The van der Waals surface area contributed by atoms with Crippen LogP contribution in [0.4, 0.5) is 5.82 Å². The van der Waals surface area contributed by atoms with Crippen LogP contribution in [0.1, 0.15) is 45.9 Å². The van der Waals surface area contributed by atoms with E-state index in [1.807, 2.05) is 6.92 Å². The number of anilines is 1. The zero-order valence-corrected chi connectivity index (χ0v) is 12.8. The summed E-state index contributed by atoms with van der Waals surface area (Å²) >= 11 is 0. The third kappa shape index (κ3) is 3.82. The predicted octanol–water partition coefficient (Wildman–Crippen LogP) is 1.69. The van der Waals surface area contributed by atoms with Gasteiger partial charge in [0.05, 0.1) is 0 Å². The van der Waals surface area contributed by atoms with E-state index in [1.54, 1.807) is 6.07 Å². The Hall–Kier alpha value is -1.36. The van der Waals surface area contributed by atoms with Crippen LogP contribution in [0.3, 0.4) is 0 Å². The Balaban J connectivity index is 2.18. The fourth-order valence-electron chi connectivity index (χ4n) is 2.69. The van der Waals surface area contributed by atoms with Gasteiger partial charge in [-0.1, -0.05) is 20.8 Å². The molecule has 20 heavy (non-hydrogen) atoms. The lowest BCUT2D eigenvalue weighted by atomic mass is 10.0. The molecular formula is C15H26N4O. The van der Waals surface area contributed by atoms with E-state index in [9.17, 15) is 4.79 Å². The number of rotatable bonds is 5. The molecule has 0 aromatic carbocycles. The second-order valence-corrected chi connectivity index (χ2v) is 5.81. The van der Waals surface area contributed by atoms with Crippen LogP contribution in [0.25, 0.3) is 0 Å². The summed E-state index contributed by atoms with van der Waals surface area (Å²) in [5.74, 6) is 1.61. The standard InChI is InChI=1S/C15H26N4O/c1-4-13-17-14(9-15(20)18-13)19-8-6-5-7-12(19)10-16-11(2)3/h9,11-12,16H,4-8,10H2,1-3H3,(H,17,18,20). The molecule has 2 rings (SSSR count). The fourth-order valence-corrected chi connectivity index (χ4v) is 2.69. The molecule has 1 aliphatic rings. The summed E-state index contributed by atoms with van der Waals surface area (Å²) < 4.78 is 0. The lowest BCUT2D eigenvalue weighted by Crippen LogP contribution is -2.47. The van der Waals surface area contributed by atoms with Crippen LogP contribution in [-0.4, -0.2) is 35.1 Å². The maximum absolute atomic E-state index is 11.7. The predicted molar refractivity (Wildman–Crippen MR) is 82.4 cm³/mol. The van der Waals surface area contributed by atoms with E-state index in [1.165, 1.54) is 12.8 Å². The minimum absolute atomic E-state index is 0.0482. The van der Waals surface area contributed by atoms with Crippen molar-refractivity contribution in [3.05, 3.63) is 22.2 Å². The van der Waals surface area contributed by atoms with Gasteiger partial charge in [-0.25, -0.2) is 4.98 Å². The summed E-state index contributed by atoms with van der Waals surface area (Å²) in [5, 5.41) is 3.50. The van der Waals surface area contributed by atoms with Gasteiger partial charge < -0.3 is 15.2 Å². The van der Waals surface area contributed by atoms with Crippen molar-refractivity contribution in [2.45, 2.75) is 58.5 Å². The molecule has 112 valence electrons. The molecule has 1 saturated heterocycles. The molecule has 5 heteroatoms. The van der Waals surface area contributed by atoms with Crippen molar-refractivity contribution in [1.82, 2.24) is 15.3 Å². The Kier molecular flexibility index (Phi) is 5.17. The summed E-state index contributed by atoms with van der Waals surface area (Å²) in [6, 6.07) is 2.55.